The molecule has 0 atom stereocenters. The highest BCUT2D eigenvalue weighted by molar-refractivity contribution is 5.32. The molecule has 2 rings (SSSR count). The van der Waals surface area contributed by atoms with Gasteiger partial charge in [0.15, 0.2) is 0 Å². The van der Waals surface area contributed by atoms with E-state index in [1.54, 1.807) is 0 Å². The number of unbranched alkanes of at least 4 members (excludes halogenated alkanes) is 2. The second kappa shape index (κ2) is 6.25. The summed E-state index contributed by atoms with van der Waals surface area (Å²) in [4.78, 5) is 2.15. The second-order valence-electron chi connectivity index (χ2n) is 4.80. The summed E-state index contributed by atoms with van der Waals surface area (Å²) >= 11 is 0. The van der Waals surface area contributed by atoms with Crippen LogP contribution in [0.15, 0.2) is 12.1 Å². The number of fused-ring (bicyclic) bond motifs is 1. The topological polar surface area (TPSA) is 23.5 Å². The van der Waals surface area contributed by atoms with E-state index in [1.807, 2.05) is 0 Å². The van der Waals surface area contributed by atoms with E-state index in [0.29, 0.717) is 24.1 Å². The molecule has 4 heteroatoms. The van der Waals surface area contributed by atoms with Crippen LogP contribution in [0.5, 0.6) is 0 Å². The molecule has 0 aliphatic carbocycles. The van der Waals surface area contributed by atoms with E-state index in [1.165, 1.54) is 12.1 Å². The molecular weight excluding hydrogens is 236 g/mol. The summed E-state index contributed by atoms with van der Waals surface area (Å²) in [5.41, 5.74) is 1.06. The molecule has 1 N–H and O–H groups in total. The van der Waals surface area contributed by atoms with Crippen LogP contribution in [0.3, 0.4) is 0 Å². The predicted molar refractivity (Wildman–Crippen MR) is 66.3 cm³/mol. The fourth-order valence-corrected chi connectivity index (χ4v) is 2.46. The Hall–Kier alpha value is -1.00. The van der Waals surface area contributed by atoms with E-state index < -0.39 is 0 Å². The summed E-state index contributed by atoms with van der Waals surface area (Å²) in [7, 11) is 0. The maximum absolute atomic E-state index is 13.6. The first-order chi connectivity index (χ1) is 8.72. The third-order valence-electron chi connectivity index (χ3n) is 3.51. The lowest BCUT2D eigenvalue weighted by molar-refractivity contribution is 0.233. The van der Waals surface area contributed by atoms with Crippen LogP contribution in [0, 0.1) is 11.6 Å². The molecule has 0 amide bonds. The average molecular weight is 255 g/mol. The zero-order valence-corrected chi connectivity index (χ0v) is 10.5. The molecule has 1 aromatic carbocycles. The third kappa shape index (κ3) is 3.06. The van der Waals surface area contributed by atoms with Gasteiger partial charge < -0.3 is 5.11 Å². The molecule has 0 bridgehead atoms. The predicted octanol–water partition coefficient (Wildman–Crippen LogP) is 2.49. The largest absolute Gasteiger partial charge is 0.396 e. The lowest BCUT2D eigenvalue weighted by Gasteiger charge is -2.29. The van der Waals surface area contributed by atoms with Crippen LogP contribution in [-0.2, 0) is 13.0 Å². The number of aliphatic hydroxyl groups is 1. The smallest absolute Gasteiger partial charge is 0.128 e. The average Bonchev–Trinajstić information content (AvgIpc) is 2.39. The van der Waals surface area contributed by atoms with Crippen molar-refractivity contribution in [3.05, 3.63) is 34.9 Å². The minimum atomic E-state index is -0.300. The first kappa shape index (κ1) is 13.4. The van der Waals surface area contributed by atoms with Gasteiger partial charge in [0.1, 0.15) is 11.6 Å². The molecule has 1 aliphatic rings. The quantitative estimate of drug-likeness (QED) is 0.817. The Morgan fingerprint density at radius 1 is 1.06 bits per heavy atom. The van der Waals surface area contributed by atoms with Crippen LogP contribution in [-0.4, -0.2) is 29.7 Å². The molecule has 0 saturated heterocycles. The summed E-state index contributed by atoms with van der Waals surface area (Å²) in [6, 6.07) is 2.43. The number of rotatable bonds is 5. The van der Waals surface area contributed by atoms with E-state index in [-0.39, 0.29) is 18.2 Å². The van der Waals surface area contributed by atoms with E-state index >= 15 is 0 Å². The van der Waals surface area contributed by atoms with Gasteiger partial charge in [0.25, 0.3) is 0 Å². The van der Waals surface area contributed by atoms with Crippen molar-refractivity contribution in [1.29, 1.82) is 0 Å². The van der Waals surface area contributed by atoms with Crippen molar-refractivity contribution < 1.29 is 13.9 Å². The van der Waals surface area contributed by atoms with Crippen LogP contribution < -0.4 is 0 Å². The molecule has 0 aromatic heterocycles. The van der Waals surface area contributed by atoms with Crippen molar-refractivity contribution >= 4 is 0 Å². The van der Waals surface area contributed by atoms with Crippen LogP contribution in [0.1, 0.15) is 30.4 Å². The lowest BCUT2D eigenvalue weighted by Crippen LogP contribution is -2.32. The maximum Gasteiger partial charge on any atom is 0.128 e. The van der Waals surface area contributed by atoms with Crippen LogP contribution in [0.4, 0.5) is 8.78 Å². The zero-order chi connectivity index (χ0) is 13.0. The number of hydrogen-bond donors (Lipinski definition) is 1. The summed E-state index contributed by atoms with van der Waals surface area (Å²) in [6.07, 6.45) is 3.37. The maximum atomic E-state index is 13.6. The van der Waals surface area contributed by atoms with E-state index in [2.05, 4.69) is 4.90 Å². The van der Waals surface area contributed by atoms with Gasteiger partial charge in [-0.3, -0.25) is 4.90 Å². The minimum Gasteiger partial charge on any atom is -0.396 e. The first-order valence-electron chi connectivity index (χ1n) is 6.51. The second-order valence-corrected chi connectivity index (χ2v) is 4.80. The molecule has 1 aromatic rings. The van der Waals surface area contributed by atoms with Crippen LogP contribution in [0.25, 0.3) is 0 Å². The van der Waals surface area contributed by atoms with Crippen LogP contribution in [0.2, 0.25) is 0 Å². The SMILES string of the molecule is OCCCCCN1CCc2c(F)ccc(F)c2C1. The monoisotopic (exact) mass is 255 g/mol. The summed E-state index contributed by atoms with van der Waals surface area (Å²) in [6.45, 7) is 2.39. The van der Waals surface area contributed by atoms with Crippen molar-refractivity contribution in [3.8, 4) is 0 Å². The van der Waals surface area contributed by atoms with Crippen molar-refractivity contribution in [2.45, 2.75) is 32.2 Å². The Labute approximate surface area is 106 Å². The van der Waals surface area contributed by atoms with Crippen molar-refractivity contribution in [2.24, 2.45) is 0 Å². The first-order valence-corrected chi connectivity index (χ1v) is 6.51. The number of benzene rings is 1. The highest BCUT2D eigenvalue weighted by Gasteiger charge is 2.21. The molecule has 18 heavy (non-hydrogen) atoms. The Bertz CT molecular complexity index is 409. The highest BCUT2D eigenvalue weighted by Crippen LogP contribution is 2.24. The van der Waals surface area contributed by atoms with Crippen molar-refractivity contribution in [1.82, 2.24) is 4.90 Å². The van der Waals surface area contributed by atoms with E-state index in [0.717, 1.165) is 32.4 Å². The fraction of sp³-hybridized carbons (Fsp3) is 0.571. The molecule has 2 nitrogen and oxygen atoms in total. The number of halogens is 2. The Balaban J connectivity index is 1.95. The molecule has 1 heterocycles. The summed E-state index contributed by atoms with van der Waals surface area (Å²) in [5.74, 6) is -0.585. The third-order valence-corrected chi connectivity index (χ3v) is 3.51. The van der Waals surface area contributed by atoms with Gasteiger partial charge in [-0.15, -0.1) is 0 Å². The minimum absolute atomic E-state index is 0.225. The zero-order valence-electron chi connectivity index (χ0n) is 10.5. The van der Waals surface area contributed by atoms with E-state index in [4.69, 9.17) is 5.11 Å². The Kier molecular flexibility index (Phi) is 4.66. The summed E-state index contributed by atoms with van der Waals surface area (Å²) in [5, 5.41) is 8.70. The normalized spacial score (nSPS) is 15.7. The van der Waals surface area contributed by atoms with Gasteiger partial charge in [-0.2, -0.15) is 0 Å². The molecular formula is C14H19F2NO. The van der Waals surface area contributed by atoms with Gasteiger partial charge >= 0.3 is 0 Å². The van der Waals surface area contributed by atoms with Gasteiger partial charge in [0.2, 0.25) is 0 Å². The fourth-order valence-electron chi connectivity index (χ4n) is 2.46. The van der Waals surface area contributed by atoms with Gasteiger partial charge in [-0.05, 0) is 49.9 Å². The molecule has 1 aliphatic heterocycles. The van der Waals surface area contributed by atoms with Gasteiger partial charge in [-0.1, -0.05) is 0 Å². The number of nitrogens with zero attached hydrogens (tertiary/aromatic N) is 1. The number of hydrogen-bond acceptors (Lipinski definition) is 2. The number of aliphatic hydroxyl groups excluding tert-OH is 1. The molecule has 0 saturated carbocycles. The molecule has 0 unspecified atom stereocenters. The highest BCUT2D eigenvalue weighted by atomic mass is 19.1. The van der Waals surface area contributed by atoms with E-state index in [9.17, 15) is 8.78 Å². The van der Waals surface area contributed by atoms with Crippen molar-refractivity contribution in [3.63, 3.8) is 0 Å². The molecule has 100 valence electrons. The van der Waals surface area contributed by atoms with Gasteiger partial charge in [0.05, 0.1) is 0 Å². The van der Waals surface area contributed by atoms with Gasteiger partial charge in [0, 0.05) is 25.3 Å². The summed E-state index contributed by atoms with van der Waals surface area (Å²) < 4.78 is 27.2. The van der Waals surface area contributed by atoms with Crippen LogP contribution >= 0.6 is 0 Å². The van der Waals surface area contributed by atoms with Gasteiger partial charge in [-0.25, -0.2) is 8.78 Å². The standard InChI is InChI=1S/C14H19F2NO/c15-13-4-5-14(16)12-10-17(8-6-11(12)13)7-2-1-3-9-18/h4-5,18H,1-3,6-10H2. The Morgan fingerprint density at radius 2 is 1.78 bits per heavy atom. The lowest BCUT2D eigenvalue weighted by atomic mass is 9.98. The Morgan fingerprint density at radius 3 is 2.50 bits per heavy atom. The molecule has 0 fully saturated rings. The molecule has 0 spiro atoms. The molecule has 0 radical (unpaired) electrons. The van der Waals surface area contributed by atoms with Crippen molar-refractivity contribution in [2.75, 3.05) is 19.7 Å².